The van der Waals surface area contributed by atoms with Crippen molar-refractivity contribution in [2.24, 2.45) is 0 Å². The second kappa shape index (κ2) is 3.53. The smallest absolute Gasteiger partial charge is 0.236 e. The molecule has 72 valence electrons. The Bertz CT molecular complexity index is 364. The molecule has 0 atom stereocenters. The van der Waals surface area contributed by atoms with Crippen molar-refractivity contribution in [1.29, 1.82) is 0 Å². The molecule has 1 aromatic rings. The predicted molar refractivity (Wildman–Crippen MR) is 48.6 cm³/mol. The van der Waals surface area contributed by atoms with Gasteiger partial charge in [0.2, 0.25) is 11.9 Å². The zero-order chi connectivity index (χ0) is 9.97. The fourth-order valence-corrected chi connectivity index (χ4v) is 1.36. The van der Waals surface area contributed by atoms with Gasteiger partial charge in [-0.15, -0.1) is 0 Å². The summed E-state index contributed by atoms with van der Waals surface area (Å²) in [6, 6.07) is 1.68. The number of amides is 1. The lowest BCUT2D eigenvalue weighted by atomic mass is 10.1. The van der Waals surface area contributed by atoms with E-state index in [2.05, 4.69) is 9.97 Å². The highest BCUT2D eigenvalue weighted by Crippen LogP contribution is 2.13. The van der Waals surface area contributed by atoms with Crippen molar-refractivity contribution in [2.45, 2.75) is 12.8 Å². The average Bonchev–Trinajstić information content (AvgIpc) is 2.19. The lowest BCUT2D eigenvalue weighted by Gasteiger charge is -2.23. The predicted octanol–water partition coefficient (Wildman–Crippen LogP) is 0.172. The number of aromatic nitrogens is 2. The Morgan fingerprint density at radius 3 is 2.57 bits per heavy atom. The van der Waals surface area contributed by atoms with Crippen molar-refractivity contribution in [3.63, 3.8) is 0 Å². The summed E-state index contributed by atoms with van der Waals surface area (Å²) in [5, 5.41) is 0. The third-order valence-electron chi connectivity index (χ3n) is 2.06. The summed E-state index contributed by atoms with van der Waals surface area (Å²) < 4.78 is 0. The quantitative estimate of drug-likeness (QED) is 0.594. The first-order valence-electron chi connectivity index (χ1n) is 4.36. The van der Waals surface area contributed by atoms with Crippen molar-refractivity contribution in [3.05, 3.63) is 18.5 Å². The van der Waals surface area contributed by atoms with Crippen LogP contribution in [0.25, 0.3) is 0 Å². The standard InChI is InChI=1S/C9H9N3O2/c13-7-2-5-12(8(14)6-7)9-10-3-1-4-11-9/h1,3-4H,2,5-6H2. The molecule has 5 heteroatoms. The SMILES string of the molecule is O=C1CCN(c2ncccn2)C(=O)C1. The molecular weight excluding hydrogens is 182 g/mol. The molecule has 1 fully saturated rings. The van der Waals surface area contributed by atoms with E-state index in [1.165, 1.54) is 4.90 Å². The lowest BCUT2D eigenvalue weighted by molar-refractivity contribution is -0.128. The van der Waals surface area contributed by atoms with Crippen LogP contribution in [0.15, 0.2) is 18.5 Å². The molecule has 14 heavy (non-hydrogen) atoms. The van der Waals surface area contributed by atoms with Gasteiger partial charge in [-0.2, -0.15) is 0 Å². The van der Waals surface area contributed by atoms with Crippen molar-refractivity contribution in [2.75, 3.05) is 11.4 Å². The third-order valence-corrected chi connectivity index (χ3v) is 2.06. The maximum atomic E-state index is 11.4. The number of carbonyl (C=O) groups is 2. The molecule has 1 aliphatic rings. The molecule has 1 saturated heterocycles. The second-order valence-corrected chi connectivity index (χ2v) is 3.06. The number of Topliss-reactive ketones (excluding diaryl/α,β-unsaturated/α-hetero) is 1. The highest BCUT2D eigenvalue weighted by molar-refractivity contribution is 6.07. The average molecular weight is 191 g/mol. The van der Waals surface area contributed by atoms with E-state index < -0.39 is 0 Å². The molecule has 5 nitrogen and oxygen atoms in total. The molecule has 0 radical (unpaired) electrons. The Morgan fingerprint density at radius 2 is 1.93 bits per heavy atom. The zero-order valence-corrected chi connectivity index (χ0v) is 7.51. The number of rotatable bonds is 1. The largest absolute Gasteiger partial charge is 0.299 e. The van der Waals surface area contributed by atoms with Gasteiger partial charge in [0.05, 0.1) is 6.42 Å². The van der Waals surface area contributed by atoms with Gasteiger partial charge in [-0.25, -0.2) is 9.97 Å². The highest BCUT2D eigenvalue weighted by atomic mass is 16.2. The number of nitrogens with zero attached hydrogens (tertiary/aromatic N) is 3. The summed E-state index contributed by atoms with van der Waals surface area (Å²) in [4.78, 5) is 31.8. The van der Waals surface area contributed by atoms with Crippen molar-refractivity contribution >= 4 is 17.6 Å². The van der Waals surface area contributed by atoms with Crippen LogP contribution in [0.1, 0.15) is 12.8 Å². The molecule has 2 rings (SSSR count). The lowest BCUT2D eigenvalue weighted by Crippen LogP contribution is -2.40. The van der Waals surface area contributed by atoms with E-state index in [-0.39, 0.29) is 18.1 Å². The Labute approximate surface area is 80.8 Å². The van der Waals surface area contributed by atoms with Crippen LogP contribution in [-0.2, 0) is 9.59 Å². The normalized spacial score (nSPS) is 17.3. The van der Waals surface area contributed by atoms with Crippen LogP contribution in [0.5, 0.6) is 0 Å². The minimum Gasteiger partial charge on any atom is -0.299 e. The highest BCUT2D eigenvalue weighted by Gasteiger charge is 2.26. The van der Waals surface area contributed by atoms with Gasteiger partial charge >= 0.3 is 0 Å². The summed E-state index contributed by atoms with van der Waals surface area (Å²) in [5.74, 6) is 0.152. The van der Waals surface area contributed by atoms with Crippen LogP contribution in [0.2, 0.25) is 0 Å². The van der Waals surface area contributed by atoms with Crippen molar-refractivity contribution in [1.82, 2.24) is 9.97 Å². The Hall–Kier alpha value is -1.78. The first kappa shape index (κ1) is 8.80. The van der Waals surface area contributed by atoms with E-state index >= 15 is 0 Å². The molecular formula is C9H9N3O2. The Kier molecular flexibility index (Phi) is 2.22. The minimum atomic E-state index is -0.215. The topological polar surface area (TPSA) is 63.2 Å². The molecule has 0 N–H and O–H groups in total. The van der Waals surface area contributed by atoms with Crippen LogP contribution in [0.4, 0.5) is 5.95 Å². The summed E-state index contributed by atoms with van der Waals surface area (Å²) >= 11 is 0. The number of hydrogen-bond donors (Lipinski definition) is 0. The van der Waals surface area contributed by atoms with E-state index in [4.69, 9.17) is 0 Å². The molecule has 0 spiro atoms. The van der Waals surface area contributed by atoms with Gasteiger partial charge in [0.15, 0.2) is 0 Å². The van der Waals surface area contributed by atoms with E-state index in [9.17, 15) is 9.59 Å². The summed E-state index contributed by atoms with van der Waals surface area (Å²) in [6.07, 6.45) is 3.51. The van der Waals surface area contributed by atoms with Gasteiger partial charge in [-0.05, 0) is 6.07 Å². The molecule has 0 aromatic carbocycles. The number of hydrogen-bond acceptors (Lipinski definition) is 4. The Morgan fingerprint density at radius 1 is 1.21 bits per heavy atom. The summed E-state index contributed by atoms with van der Waals surface area (Å²) in [6.45, 7) is 0.391. The number of ketones is 1. The first-order valence-corrected chi connectivity index (χ1v) is 4.36. The zero-order valence-electron chi connectivity index (χ0n) is 7.51. The van der Waals surface area contributed by atoms with E-state index in [1.807, 2.05) is 0 Å². The first-order chi connectivity index (χ1) is 6.77. The van der Waals surface area contributed by atoms with Gasteiger partial charge in [0.1, 0.15) is 5.78 Å². The van der Waals surface area contributed by atoms with Gasteiger partial charge in [0, 0.05) is 25.4 Å². The van der Waals surface area contributed by atoms with Gasteiger partial charge in [-0.3, -0.25) is 14.5 Å². The van der Waals surface area contributed by atoms with Crippen LogP contribution in [-0.4, -0.2) is 28.2 Å². The van der Waals surface area contributed by atoms with Crippen LogP contribution < -0.4 is 4.90 Å². The molecule has 0 saturated carbocycles. The monoisotopic (exact) mass is 191 g/mol. The number of piperidine rings is 1. The van der Waals surface area contributed by atoms with Gasteiger partial charge < -0.3 is 0 Å². The molecule has 0 unspecified atom stereocenters. The number of carbonyl (C=O) groups excluding carboxylic acids is 2. The van der Waals surface area contributed by atoms with Gasteiger partial charge in [-0.1, -0.05) is 0 Å². The molecule has 0 bridgehead atoms. The van der Waals surface area contributed by atoms with E-state index in [0.717, 1.165) is 0 Å². The number of anilines is 1. The maximum absolute atomic E-state index is 11.4. The minimum absolute atomic E-state index is 0.0119. The molecule has 2 heterocycles. The fourth-order valence-electron chi connectivity index (χ4n) is 1.36. The van der Waals surface area contributed by atoms with Gasteiger partial charge in [0.25, 0.3) is 0 Å². The van der Waals surface area contributed by atoms with Crippen molar-refractivity contribution < 1.29 is 9.59 Å². The molecule has 1 amide bonds. The van der Waals surface area contributed by atoms with Crippen LogP contribution >= 0.6 is 0 Å². The maximum Gasteiger partial charge on any atom is 0.236 e. The molecule has 1 aliphatic heterocycles. The van der Waals surface area contributed by atoms with Crippen molar-refractivity contribution in [3.8, 4) is 0 Å². The summed E-state index contributed by atoms with van der Waals surface area (Å²) in [7, 11) is 0. The molecule has 0 aliphatic carbocycles. The molecule has 1 aromatic heterocycles. The third kappa shape index (κ3) is 1.61. The van der Waals surface area contributed by atoms with E-state index in [1.54, 1.807) is 18.5 Å². The van der Waals surface area contributed by atoms with Crippen LogP contribution in [0, 0.1) is 0 Å². The van der Waals surface area contributed by atoms with Crippen LogP contribution in [0.3, 0.4) is 0 Å². The van der Waals surface area contributed by atoms with E-state index in [0.29, 0.717) is 18.9 Å². The Balaban J connectivity index is 2.20. The fraction of sp³-hybridized carbons (Fsp3) is 0.333. The second-order valence-electron chi connectivity index (χ2n) is 3.06. The summed E-state index contributed by atoms with van der Waals surface area (Å²) in [5.41, 5.74) is 0.